The summed E-state index contributed by atoms with van der Waals surface area (Å²) in [7, 11) is 0. The van der Waals surface area contributed by atoms with E-state index >= 15 is 0 Å². The van der Waals surface area contributed by atoms with Crippen molar-refractivity contribution in [3.63, 3.8) is 0 Å². The van der Waals surface area contributed by atoms with Crippen molar-refractivity contribution in [2.24, 2.45) is 0 Å². The van der Waals surface area contributed by atoms with Crippen molar-refractivity contribution >= 4 is 44.3 Å². The highest BCUT2D eigenvalue weighted by Gasteiger charge is 2.15. The second kappa shape index (κ2) is 5.20. The van der Waals surface area contributed by atoms with Crippen LogP contribution in [-0.2, 0) is 0 Å². The van der Waals surface area contributed by atoms with Crippen LogP contribution in [0.3, 0.4) is 0 Å². The number of hydrogen-bond acceptors (Lipinski definition) is 2. The predicted octanol–water partition coefficient (Wildman–Crippen LogP) is 3.86. The number of benzene rings is 1. The summed E-state index contributed by atoms with van der Waals surface area (Å²) in [6.07, 6.45) is 0. The van der Waals surface area contributed by atoms with Crippen LogP contribution in [0.2, 0.25) is 0 Å². The Morgan fingerprint density at radius 2 is 2.13 bits per heavy atom. The van der Waals surface area contributed by atoms with Gasteiger partial charge in [-0.05, 0) is 57.6 Å². The van der Waals surface area contributed by atoms with Crippen LogP contribution in [0.5, 0.6) is 5.75 Å². The molecule has 0 saturated carbocycles. The molecule has 1 aromatic rings. The Morgan fingerprint density at radius 1 is 1.53 bits per heavy atom. The van der Waals surface area contributed by atoms with E-state index in [-0.39, 0.29) is 17.1 Å². The third kappa shape index (κ3) is 3.37. The van der Waals surface area contributed by atoms with Crippen LogP contribution in [0.15, 0.2) is 16.6 Å². The summed E-state index contributed by atoms with van der Waals surface area (Å²) in [5, 5.41) is 0. The molecule has 0 atom stereocenters. The van der Waals surface area contributed by atoms with Crippen molar-refractivity contribution in [3.8, 4) is 5.75 Å². The normalized spacial score (nSPS) is 10.5. The highest BCUT2D eigenvalue weighted by Crippen LogP contribution is 2.30. The topological polar surface area (TPSA) is 26.3 Å². The first-order valence-corrected chi connectivity index (χ1v) is 5.73. The van der Waals surface area contributed by atoms with Crippen molar-refractivity contribution in [3.05, 3.63) is 25.7 Å². The SMILES string of the molecule is CC(=O)c1cc(I)c(Br)cc1OC(F)F. The molecule has 1 aromatic carbocycles. The molecule has 0 N–H and O–H groups in total. The average Bonchev–Trinajstić information content (AvgIpc) is 2.09. The van der Waals surface area contributed by atoms with Crippen molar-refractivity contribution in [1.29, 1.82) is 0 Å². The van der Waals surface area contributed by atoms with Crippen LogP contribution in [0.25, 0.3) is 0 Å². The zero-order valence-corrected chi connectivity index (χ0v) is 11.3. The molecule has 0 amide bonds. The maximum absolute atomic E-state index is 12.0. The van der Waals surface area contributed by atoms with E-state index in [0.717, 1.165) is 3.57 Å². The molecule has 0 fully saturated rings. The second-order valence-electron chi connectivity index (χ2n) is 2.70. The summed E-state index contributed by atoms with van der Waals surface area (Å²) in [4.78, 5) is 11.2. The number of hydrogen-bond donors (Lipinski definition) is 0. The van der Waals surface area contributed by atoms with Crippen LogP contribution in [0.4, 0.5) is 8.78 Å². The number of halogens is 4. The number of ether oxygens (including phenoxy) is 1. The molecular formula is C9H6BrF2IO2. The minimum Gasteiger partial charge on any atom is -0.434 e. The van der Waals surface area contributed by atoms with Crippen LogP contribution >= 0.6 is 38.5 Å². The molecule has 0 unspecified atom stereocenters. The lowest BCUT2D eigenvalue weighted by atomic mass is 10.1. The molecule has 6 heteroatoms. The molecule has 0 aromatic heterocycles. The van der Waals surface area contributed by atoms with E-state index in [1.165, 1.54) is 19.1 Å². The van der Waals surface area contributed by atoms with E-state index in [1.54, 1.807) is 0 Å². The summed E-state index contributed by atoms with van der Waals surface area (Å²) in [6, 6.07) is 2.87. The number of Topliss-reactive ketones (excluding diaryl/α,β-unsaturated/α-hetero) is 1. The number of alkyl halides is 2. The van der Waals surface area contributed by atoms with Gasteiger partial charge in [-0.25, -0.2) is 0 Å². The van der Waals surface area contributed by atoms with Crippen LogP contribution < -0.4 is 4.74 Å². The van der Waals surface area contributed by atoms with Gasteiger partial charge >= 0.3 is 6.61 Å². The minimum atomic E-state index is -2.94. The molecule has 15 heavy (non-hydrogen) atoms. The molecule has 0 spiro atoms. The van der Waals surface area contributed by atoms with Crippen molar-refractivity contribution in [2.45, 2.75) is 13.5 Å². The van der Waals surface area contributed by atoms with E-state index in [1.807, 2.05) is 22.6 Å². The highest BCUT2D eigenvalue weighted by molar-refractivity contribution is 14.1. The summed E-state index contributed by atoms with van der Waals surface area (Å²) in [6.45, 7) is -1.63. The molecule has 0 saturated heterocycles. The quantitative estimate of drug-likeness (QED) is 0.578. The van der Waals surface area contributed by atoms with E-state index < -0.39 is 6.61 Å². The molecule has 0 radical (unpaired) electrons. The molecular weight excluding hydrogens is 385 g/mol. The average molecular weight is 391 g/mol. The maximum Gasteiger partial charge on any atom is 0.387 e. The predicted molar refractivity (Wildman–Crippen MR) is 63.5 cm³/mol. The van der Waals surface area contributed by atoms with Crippen molar-refractivity contribution < 1.29 is 18.3 Å². The van der Waals surface area contributed by atoms with Gasteiger partial charge in [0, 0.05) is 8.04 Å². The van der Waals surface area contributed by atoms with Gasteiger partial charge in [-0.2, -0.15) is 8.78 Å². The molecule has 0 aliphatic carbocycles. The van der Waals surface area contributed by atoms with Gasteiger partial charge in [-0.1, -0.05) is 0 Å². The largest absolute Gasteiger partial charge is 0.434 e. The molecule has 0 aliphatic heterocycles. The van der Waals surface area contributed by atoms with Gasteiger partial charge in [0.15, 0.2) is 5.78 Å². The fourth-order valence-electron chi connectivity index (χ4n) is 0.997. The first kappa shape index (κ1) is 12.8. The van der Waals surface area contributed by atoms with Crippen molar-refractivity contribution in [2.75, 3.05) is 0 Å². The zero-order valence-electron chi connectivity index (χ0n) is 7.56. The van der Waals surface area contributed by atoms with Crippen LogP contribution in [0, 0.1) is 3.57 Å². The Morgan fingerprint density at radius 3 is 2.60 bits per heavy atom. The van der Waals surface area contributed by atoms with E-state index in [0.29, 0.717) is 4.47 Å². The Labute approximate surface area is 107 Å². The molecule has 0 aliphatic rings. The number of ketones is 1. The number of rotatable bonds is 3. The lowest BCUT2D eigenvalue weighted by Crippen LogP contribution is -2.07. The molecule has 0 bridgehead atoms. The first-order chi connectivity index (χ1) is 6.91. The third-order valence-corrected chi connectivity index (χ3v) is 3.91. The standard InChI is InChI=1S/C9H6BrF2IO2/c1-4(14)5-2-7(13)6(10)3-8(5)15-9(11)12/h2-3,9H,1H3. The van der Waals surface area contributed by atoms with Gasteiger partial charge in [-0.15, -0.1) is 0 Å². The maximum atomic E-state index is 12.0. The van der Waals surface area contributed by atoms with Gasteiger partial charge in [0.1, 0.15) is 5.75 Å². The van der Waals surface area contributed by atoms with Gasteiger partial charge < -0.3 is 4.74 Å². The zero-order chi connectivity index (χ0) is 11.6. The lowest BCUT2D eigenvalue weighted by molar-refractivity contribution is -0.0501. The fraction of sp³-hybridized carbons (Fsp3) is 0.222. The van der Waals surface area contributed by atoms with Gasteiger partial charge in [0.05, 0.1) is 5.56 Å². The number of carbonyl (C=O) groups is 1. The first-order valence-electron chi connectivity index (χ1n) is 3.86. The highest BCUT2D eigenvalue weighted by atomic mass is 127. The Hall–Kier alpha value is -0.240. The fourth-order valence-corrected chi connectivity index (χ4v) is 1.79. The minimum absolute atomic E-state index is 0.107. The lowest BCUT2D eigenvalue weighted by Gasteiger charge is -2.10. The Kier molecular flexibility index (Phi) is 4.45. The van der Waals surface area contributed by atoms with Crippen molar-refractivity contribution in [1.82, 2.24) is 0 Å². The van der Waals surface area contributed by atoms with E-state index in [2.05, 4.69) is 20.7 Å². The van der Waals surface area contributed by atoms with Gasteiger partial charge in [0.25, 0.3) is 0 Å². The van der Waals surface area contributed by atoms with Gasteiger partial charge in [-0.3, -0.25) is 4.79 Å². The molecule has 2 nitrogen and oxygen atoms in total. The summed E-state index contributed by atoms with van der Waals surface area (Å²) >= 11 is 5.17. The van der Waals surface area contributed by atoms with E-state index in [4.69, 9.17) is 0 Å². The third-order valence-electron chi connectivity index (χ3n) is 1.62. The monoisotopic (exact) mass is 390 g/mol. The number of carbonyl (C=O) groups excluding carboxylic acids is 1. The molecule has 0 heterocycles. The smallest absolute Gasteiger partial charge is 0.387 e. The Bertz CT molecular complexity index is 396. The second-order valence-corrected chi connectivity index (χ2v) is 4.71. The summed E-state index contributed by atoms with van der Waals surface area (Å²) in [5.74, 6) is -0.416. The van der Waals surface area contributed by atoms with Gasteiger partial charge in [0.2, 0.25) is 0 Å². The van der Waals surface area contributed by atoms with E-state index in [9.17, 15) is 13.6 Å². The molecule has 82 valence electrons. The summed E-state index contributed by atoms with van der Waals surface area (Å²) < 4.78 is 29.7. The van der Waals surface area contributed by atoms with Crippen LogP contribution in [-0.4, -0.2) is 12.4 Å². The Balaban J connectivity index is 3.22. The van der Waals surface area contributed by atoms with Crippen LogP contribution in [0.1, 0.15) is 17.3 Å². The molecule has 1 rings (SSSR count). The summed E-state index contributed by atoms with van der Waals surface area (Å²) in [5.41, 5.74) is 0.155.